The zero-order chi connectivity index (χ0) is 15.7. The van der Waals surface area contributed by atoms with Gasteiger partial charge >= 0.3 is 0 Å². The first-order valence-electron chi connectivity index (χ1n) is 8.63. The zero-order valence-corrected chi connectivity index (χ0v) is 14.7. The Kier molecular flexibility index (Phi) is 7.81. The Morgan fingerprint density at radius 3 is 2.10 bits per heavy atom. The molecule has 1 aromatic carbocycles. The van der Waals surface area contributed by atoms with Gasteiger partial charge in [-0.3, -0.25) is 0 Å². The van der Waals surface area contributed by atoms with Crippen LogP contribution in [0.5, 0.6) is 0 Å². The molecule has 0 aromatic heterocycles. The molecular formula is C19H34N2. The van der Waals surface area contributed by atoms with Crippen LogP contribution in [0.2, 0.25) is 0 Å². The van der Waals surface area contributed by atoms with Crippen molar-refractivity contribution in [2.75, 3.05) is 31.1 Å². The third-order valence-corrected chi connectivity index (χ3v) is 4.73. The van der Waals surface area contributed by atoms with Crippen LogP contribution in [-0.2, 0) is 0 Å². The van der Waals surface area contributed by atoms with E-state index in [2.05, 4.69) is 69.1 Å². The van der Waals surface area contributed by atoms with Crippen LogP contribution in [0.3, 0.4) is 0 Å². The molecule has 1 aromatic rings. The van der Waals surface area contributed by atoms with E-state index in [-0.39, 0.29) is 0 Å². The van der Waals surface area contributed by atoms with Crippen molar-refractivity contribution in [2.45, 2.75) is 53.9 Å². The molecule has 0 saturated heterocycles. The summed E-state index contributed by atoms with van der Waals surface area (Å²) in [5.74, 6) is 0. The fourth-order valence-electron chi connectivity index (χ4n) is 2.86. The molecule has 0 amide bonds. The molecule has 0 atom stereocenters. The van der Waals surface area contributed by atoms with E-state index in [0.717, 1.165) is 26.2 Å². The van der Waals surface area contributed by atoms with E-state index >= 15 is 0 Å². The van der Waals surface area contributed by atoms with Crippen molar-refractivity contribution >= 4 is 5.69 Å². The van der Waals surface area contributed by atoms with E-state index in [1.807, 2.05) is 0 Å². The number of rotatable bonds is 10. The second-order valence-electron chi connectivity index (χ2n) is 6.23. The monoisotopic (exact) mass is 290 g/mol. The molecular weight excluding hydrogens is 256 g/mol. The van der Waals surface area contributed by atoms with Gasteiger partial charge in [0.2, 0.25) is 0 Å². The summed E-state index contributed by atoms with van der Waals surface area (Å²) in [7, 11) is 0. The Morgan fingerprint density at radius 1 is 1.00 bits per heavy atom. The van der Waals surface area contributed by atoms with Gasteiger partial charge in [-0.25, -0.2) is 0 Å². The Labute approximate surface area is 131 Å². The maximum absolute atomic E-state index is 3.64. The van der Waals surface area contributed by atoms with Gasteiger partial charge in [0.15, 0.2) is 0 Å². The normalized spacial score (nSPS) is 11.7. The van der Waals surface area contributed by atoms with Gasteiger partial charge in [-0.2, -0.15) is 0 Å². The zero-order valence-electron chi connectivity index (χ0n) is 14.7. The van der Waals surface area contributed by atoms with Gasteiger partial charge in [0.1, 0.15) is 0 Å². The molecule has 0 saturated carbocycles. The van der Waals surface area contributed by atoms with Gasteiger partial charge in [-0.05, 0) is 57.2 Å². The summed E-state index contributed by atoms with van der Waals surface area (Å²) in [6.45, 7) is 15.8. The maximum Gasteiger partial charge on any atom is 0.0366 e. The van der Waals surface area contributed by atoms with Crippen LogP contribution >= 0.6 is 0 Å². The third-order valence-electron chi connectivity index (χ3n) is 4.73. The highest BCUT2D eigenvalue weighted by Gasteiger charge is 2.28. The molecule has 0 bridgehead atoms. The highest BCUT2D eigenvalue weighted by atomic mass is 15.1. The highest BCUT2D eigenvalue weighted by Crippen LogP contribution is 2.29. The van der Waals surface area contributed by atoms with Gasteiger partial charge in [-0.15, -0.1) is 0 Å². The smallest absolute Gasteiger partial charge is 0.0366 e. The largest absolute Gasteiger partial charge is 0.371 e. The Hall–Kier alpha value is -1.02. The lowest BCUT2D eigenvalue weighted by Gasteiger charge is -2.38. The highest BCUT2D eigenvalue weighted by molar-refractivity contribution is 5.47. The lowest BCUT2D eigenvalue weighted by atomic mass is 9.81. The van der Waals surface area contributed by atoms with Crippen LogP contribution in [0.1, 0.15) is 52.5 Å². The van der Waals surface area contributed by atoms with Crippen LogP contribution < -0.4 is 10.2 Å². The molecule has 0 spiro atoms. The van der Waals surface area contributed by atoms with Gasteiger partial charge < -0.3 is 10.2 Å². The molecule has 1 N–H and O–H groups in total. The molecule has 2 heteroatoms. The quantitative estimate of drug-likeness (QED) is 0.632. The van der Waals surface area contributed by atoms with E-state index in [9.17, 15) is 0 Å². The summed E-state index contributed by atoms with van der Waals surface area (Å²) in [4.78, 5) is 2.53. The number of nitrogens with zero attached hydrogens (tertiary/aromatic N) is 1. The van der Waals surface area contributed by atoms with Crippen molar-refractivity contribution in [3.05, 3.63) is 29.8 Å². The van der Waals surface area contributed by atoms with Crippen LogP contribution in [0.4, 0.5) is 5.69 Å². The minimum Gasteiger partial charge on any atom is -0.371 e. The summed E-state index contributed by atoms with van der Waals surface area (Å²) in [5, 5.41) is 3.64. The molecule has 0 radical (unpaired) electrons. The number of anilines is 1. The van der Waals surface area contributed by atoms with Crippen LogP contribution in [0.25, 0.3) is 0 Å². The molecule has 21 heavy (non-hydrogen) atoms. The Bertz CT molecular complexity index is 379. The molecule has 0 fully saturated rings. The SMILES string of the molecule is CCCNCC(CC)(CC)CN(CC)c1ccc(C)cc1. The van der Waals surface area contributed by atoms with Crippen molar-refractivity contribution in [3.8, 4) is 0 Å². The summed E-state index contributed by atoms with van der Waals surface area (Å²) in [6, 6.07) is 8.95. The fraction of sp³-hybridized carbons (Fsp3) is 0.684. The van der Waals surface area contributed by atoms with Gasteiger partial charge in [0, 0.05) is 25.3 Å². The number of hydrogen-bond donors (Lipinski definition) is 1. The standard InChI is InChI=1S/C19H34N2/c1-6-14-20-15-19(7-2,8-3)16-21(9-4)18-12-10-17(5)11-13-18/h10-13,20H,6-9,14-16H2,1-5H3. The molecule has 2 nitrogen and oxygen atoms in total. The third kappa shape index (κ3) is 5.35. The van der Waals surface area contributed by atoms with E-state index in [0.29, 0.717) is 5.41 Å². The van der Waals surface area contributed by atoms with Crippen molar-refractivity contribution in [1.29, 1.82) is 0 Å². The summed E-state index contributed by atoms with van der Waals surface area (Å²) in [5.41, 5.74) is 3.05. The van der Waals surface area contributed by atoms with E-state index < -0.39 is 0 Å². The second-order valence-corrected chi connectivity index (χ2v) is 6.23. The molecule has 0 unspecified atom stereocenters. The first-order valence-corrected chi connectivity index (χ1v) is 8.63. The number of aryl methyl sites for hydroxylation is 1. The van der Waals surface area contributed by atoms with Gasteiger partial charge in [-0.1, -0.05) is 38.5 Å². The van der Waals surface area contributed by atoms with E-state index in [4.69, 9.17) is 0 Å². The first kappa shape index (κ1) is 18.0. The number of benzene rings is 1. The van der Waals surface area contributed by atoms with Gasteiger partial charge in [0.25, 0.3) is 0 Å². The van der Waals surface area contributed by atoms with Crippen molar-refractivity contribution in [3.63, 3.8) is 0 Å². The number of nitrogens with one attached hydrogen (secondary N) is 1. The summed E-state index contributed by atoms with van der Waals surface area (Å²) < 4.78 is 0. The Balaban J connectivity index is 2.80. The fourth-order valence-corrected chi connectivity index (χ4v) is 2.86. The van der Waals surface area contributed by atoms with E-state index in [1.165, 1.54) is 30.5 Å². The molecule has 0 heterocycles. The lowest BCUT2D eigenvalue weighted by Crippen LogP contribution is -2.44. The molecule has 0 aliphatic carbocycles. The van der Waals surface area contributed by atoms with Crippen molar-refractivity contribution < 1.29 is 0 Å². The minimum absolute atomic E-state index is 0.371. The predicted octanol–water partition coefficient (Wildman–Crippen LogP) is 4.63. The molecule has 0 aliphatic rings. The molecule has 0 aliphatic heterocycles. The van der Waals surface area contributed by atoms with E-state index in [1.54, 1.807) is 0 Å². The van der Waals surface area contributed by atoms with Crippen molar-refractivity contribution in [2.24, 2.45) is 5.41 Å². The van der Waals surface area contributed by atoms with Crippen LogP contribution in [0, 0.1) is 12.3 Å². The van der Waals surface area contributed by atoms with Crippen LogP contribution in [-0.4, -0.2) is 26.2 Å². The van der Waals surface area contributed by atoms with Gasteiger partial charge in [0.05, 0.1) is 0 Å². The van der Waals surface area contributed by atoms with Crippen LogP contribution in [0.15, 0.2) is 24.3 Å². The van der Waals surface area contributed by atoms with Crippen molar-refractivity contribution in [1.82, 2.24) is 5.32 Å². The lowest BCUT2D eigenvalue weighted by molar-refractivity contribution is 0.253. The molecule has 1 rings (SSSR count). The average molecular weight is 290 g/mol. The summed E-state index contributed by atoms with van der Waals surface area (Å²) >= 11 is 0. The maximum atomic E-state index is 3.64. The molecule has 120 valence electrons. The number of hydrogen-bond acceptors (Lipinski definition) is 2. The first-order chi connectivity index (χ1) is 10.1. The second kappa shape index (κ2) is 9.09. The minimum atomic E-state index is 0.371. The predicted molar refractivity (Wildman–Crippen MR) is 95.2 cm³/mol. The average Bonchev–Trinajstić information content (AvgIpc) is 2.52. The topological polar surface area (TPSA) is 15.3 Å². The summed E-state index contributed by atoms with van der Waals surface area (Å²) in [6.07, 6.45) is 3.66. The Morgan fingerprint density at radius 2 is 1.62 bits per heavy atom.